The van der Waals surface area contributed by atoms with E-state index in [-0.39, 0.29) is 11.9 Å². The molecular formula is C19H22N2O4. The van der Waals surface area contributed by atoms with E-state index >= 15 is 0 Å². The summed E-state index contributed by atoms with van der Waals surface area (Å²) in [4.78, 5) is 28.4. The summed E-state index contributed by atoms with van der Waals surface area (Å²) < 4.78 is 10.5. The van der Waals surface area contributed by atoms with Crippen LogP contribution in [0, 0.1) is 0 Å². The van der Waals surface area contributed by atoms with Crippen LogP contribution in [-0.4, -0.2) is 54.5 Å². The number of amides is 1. The largest absolute Gasteiger partial charge is 0.467 e. The van der Waals surface area contributed by atoms with Gasteiger partial charge in [-0.2, -0.15) is 0 Å². The Morgan fingerprint density at radius 3 is 2.48 bits per heavy atom. The maximum absolute atomic E-state index is 12.5. The van der Waals surface area contributed by atoms with Gasteiger partial charge in [0.05, 0.1) is 19.4 Å². The van der Waals surface area contributed by atoms with E-state index in [9.17, 15) is 9.59 Å². The van der Waals surface area contributed by atoms with Crippen molar-refractivity contribution in [1.82, 2.24) is 9.80 Å². The number of ether oxygens (including phenoxy) is 1. The van der Waals surface area contributed by atoms with Crippen LogP contribution >= 0.6 is 0 Å². The third-order valence-corrected chi connectivity index (χ3v) is 4.29. The Labute approximate surface area is 147 Å². The van der Waals surface area contributed by atoms with Gasteiger partial charge in [-0.1, -0.05) is 18.2 Å². The minimum Gasteiger partial charge on any atom is -0.467 e. The first kappa shape index (κ1) is 17.2. The molecule has 25 heavy (non-hydrogen) atoms. The van der Waals surface area contributed by atoms with Crippen LogP contribution in [0.1, 0.15) is 33.4 Å². The first-order chi connectivity index (χ1) is 12.2. The van der Waals surface area contributed by atoms with Gasteiger partial charge in [0.2, 0.25) is 0 Å². The zero-order valence-corrected chi connectivity index (χ0v) is 14.3. The molecule has 0 spiro atoms. The molecule has 1 aromatic heterocycles. The molecule has 0 atom stereocenters. The highest BCUT2D eigenvalue weighted by molar-refractivity contribution is 5.94. The van der Waals surface area contributed by atoms with Crippen LogP contribution in [0.3, 0.4) is 0 Å². The van der Waals surface area contributed by atoms with Gasteiger partial charge in [-0.05, 0) is 25.1 Å². The topological polar surface area (TPSA) is 63.0 Å². The van der Waals surface area contributed by atoms with E-state index in [4.69, 9.17) is 9.15 Å². The summed E-state index contributed by atoms with van der Waals surface area (Å²) in [5, 5.41) is 0. The highest BCUT2D eigenvalue weighted by Crippen LogP contribution is 2.17. The average molecular weight is 342 g/mol. The number of piperazine rings is 1. The maximum Gasteiger partial charge on any atom is 0.341 e. The molecule has 2 heterocycles. The number of furan rings is 1. The van der Waals surface area contributed by atoms with Crippen LogP contribution in [-0.2, 0) is 11.3 Å². The van der Waals surface area contributed by atoms with Gasteiger partial charge in [-0.25, -0.2) is 4.79 Å². The lowest BCUT2D eigenvalue weighted by atomic mass is 10.1. The van der Waals surface area contributed by atoms with Gasteiger partial charge in [-0.3, -0.25) is 9.69 Å². The summed E-state index contributed by atoms with van der Waals surface area (Å²) >= 11 is 0. The molecule has 3 rings (SSSR count). The molecule has 0 bridgehead atoms. The van der Waals surface area contributed by atoms with Crippen molar-refractivity contribution >= 4 is 11.9 Å². The summed E-state index contributed by atoms with van der Waals surface area (Å²) in [6.45, 7) is 5.44. The second kappa shape index (κ2) is 7.98. The predicted molar refractivity (Wildman–Crippen MR) is 92.3 cm³/mol. The smallest absolute Gasteiger partial charge is 0.341 e. The zero-order valence-electron chi connectivity index (χ0n) is 14.3. The normalized spacial score (nSPS) is 15.2. The van der Waals surface area contributed by atoms with Crippen molar-refractivity contribution in [1.29, 1.82) is 0 Å². The van der Waals surface area contributed by atoms with Crippen molar-refractivity contribution in [2.45, 2.75) is 13.5 Å². The molecule has 1 saturated heterocycles. The SMILES string of the molecule is CCOC(=O)c1ccoc1CN1CCN(C(=O)c2ccccc2)CC1. The monoisotopic (exact) mass is 342 g/mol. The number of carbonyl (C=O) groups excluding carboxylic acids is 2. The second-order valence-electron chi connectivity index (χ2n) is 5.91. The Morgan fingerprint density at radius 1 is 1.08 bits per heavy atom. The molecule has 6 heteroatoms. The first-order valence-corrected chi connectivity index (χ1v) is 8.49. The predicted octanol–water partition coefficient (Wildman–Crippen LogP) is 2.41. The van der Waals surface area contributed by atoms with Crippen LogP contribution in [0.4, 0.5) is 0 Å². The minimum absolute atomic E-state index is 0.0606. The van der Waals surface area contributed by atoms with Crippen LogP contribution in [0.2, 0.25) is 0 Å². The van der Waals surface area contributed by atoms with Crippen LogP contribution in [0.15, 0.2) is 47.1 Å². The molecular weight excluding hydrogens is 320 g/mol. The molecule has 0 radical (unpaired) electrons. The lowest BCUT2D eigenvalue weighted by Crippen LogP contribution is -2.48. The van der Waals surface area contributed by atoms with E-state index in [1.165, 1.54) is 6.26 Å². The molecule has 0 saturated carbocycles. The number of nitrogens with zero attached hydrogens (tertiary/aromatic N) is 2. The summed E-state index contributed by atoms with van der Waals surface area (Å²) in [5.41, 5.74) is 1.19. The Balaban J connectivity index is 1.56. The van der Waals surface area contributed by atoms with Gasteiger partial charge in [0.25, 0.3) is 5.91 Å². The number of hydrogen-bond acceptors (Lipinski definition) is 5. The minimum atomic E-state index is -0.357. The van der Waals surface area contributed by atoms with Crippen molar-refractivity contribution in [2.75, 3.05) is 32.8 Å². The highest BCUT2D eigenvalue weighted by atomic mass is 16.5. The van der Waals surface area contributed by atoms with E-state index in [2.05, 4.69) is 4.90 Å². The van der Waals surface area contributed by atoms with Gasteiger partial charge in [0, 0.05) is 31.7 Å². The Bertz CT molecular complexity index is 718. The third kappa shape index (κ3) is 4.09. The van der Waals surface area contributed by atoms with Crippen molar-refractivity contribution in [3.63, 3.8) is 0 Å². The molecule has 6 nitrogen and oxygen atoms in total. The van der Waals surface area contributed by atoms with Crippen LogP contribution < -0.4 is 0 Å². The van der Waals surface area contributed by atoms with E-state index in [0.29, 0.717) is 43.1 Å². The van der Waals surface area contributed by atoms with Gasteiger partial charge in [0.1, 0.15) is 11.3 Å². The van der Waals surface area contributed by atoms with Gasteiger partial charge >= 0.3 is 5.97 Å². The molecule has 0 aliphatic carbocycles. The molecule has 0 N–H and O–H groups in total. The number of rotatable bonds is 5. The summed E-state index contributed by atoms with van der Waals surface area (Å²) in [5.74, 6) is 0.316. The van der Waals surface area contributed by atoms with Crippen molar-refractivity contribution in [3.8, 4) is 0 Å². The quantitative estimate of drug-likeness (QED) is 0.781. The highest BCUT2D eigenvalue weighted by Gasteiger charge is 2.24. The number of carbonyl (C=O) groups is 2. The maximum atomic E-state index is 12.5. The van der Waals surface area contributed by atoms with Gasteiger partial charge in [0.15, 0.2) is 0 Å². The number of esters is 1. The molecule has 2 aromatic rings. The first-order valence-electron chi connectivity index (χ1n) is 8.49. The Hall–Kier alpha value is -2.60. The van der Waals surface area contributed by atoms with Crippen molar-refractivity contribution in [3.05, 3.63) is 59.5 Å². The number of hydrogen-bond donors (Lipinski definition) is 0. The summed E-state index contributed by atoms with van der Waals surface area (Å²) in [7, 11) is 0. The standard InChI is InChI=1S/C19H22N2O4/c1-2-24-19(23)16-8-13-25-17(16)14-20-9-11-21(12-10-20)18(22)15-6-4-3-5-7-15/h3-8,13H,2,9-12,14H2,1H3. The summed E-state index contributed by atoms with van der Waals surface area (Å²) in [6, 6.07) is 11.0. The average Bonchev–Trinajstić information content (AvgIpc) is 3.11. The lowest BCUT2D eigenvalue weighted by molar-refractivity contribution is 0.0520. The van der Waals surface area contributed by atoms with E-state index in [1.54, 1.807) is 13.0 Å². The van der Waals surface area contributed by atoms with Gasteiger partial charge < -0.3 is 14.1 Å². The Kier molecular flexibility index (Phi) is 5.50. The second-order valence-corrected chi connectivity index (χ2v) is 5.91. The van der Waals surface area contributed by atoms with E-state index in [1.807, 2.05) is 35.2 Å². The number of benzene rings is 1. The fraction of sp³-hybridized carbons (Fsp3) is 0.368. The van der Waals surface area contributed by atoms with Crippen molar-refractivity contribution in [2.24, 2.45) is 0 Å². The van der Waals surface area contributed by atoms with E-state index < -0.39 is 0 Å². The third-order valence-electron chi connectivity index (χ3n) is 4.29. The Morgan fingerprint density at radius 2 is 1.80 bits per heavy atom. The molecule has 1 aromatic carbocycles. The zero-order chi connectivity index (χ0) is 17.6. The van der Waals surface area contributed by atoms with Gasteiger partial charge in [-0.15, -0.1) is 0 Å². The molecule has 132 valence electrons. The lowest BCUT2D eigenvalue weighted by Gasteiger charge is -2.34. The van der Waals surface area contributed by atoms with E-state index in [0.717, 1.165) is 13.1 Å². The summed E-state index contributed by atoms with van der Waals surface area (Å²) in [6.07, 6.45) is 1.51. The van der Waals surface area contributed by atoms with Crippen LogP contribution in [0.5, 0.6) is 0 Å². The fourth-order valence-electron chi connectivity index (χ4n) is 2.93. The van der Waals surface area contributed by atoms with Crippen molar-refractivity contribution < 1.29 is 18.7 Å². The molecule has 1 fully saturated rings. The van der Waals surface area contributed by atoms with Crippen LogP contribution in [0.25, 0.3) is 0 Å². The molecule has 1 amide bonds. The molecule has 0 unspecified atom stereocenters. The fourth-order valence-corrected chi connectivity index (χ4v) is 2.93. The molecule has 1 aliphatic heterocycles. The molecule has 1 aliphatic rings.